The van der Waals surface area contributed by atoms with E-state index in [2.05, 4.69) is 11.9 Å². The molecule has 8 nitrogen and oxygen atoms in total. The van der Waals surface area contributed by atoms with Crippen LogP contribution in [0.3, 0.4) is 0 Å². The van der Waals surface area contributed by atoms with Crippen molar-refractivity contribution in [3.63, 3.8) is 0 Å². The highest BCUT2D eigenvalue weighted by molar-refractivity contribution is 6.14. The first-order valence-corrected chi connectivity index (χ1v) is 11.7. The van der Waals surface area contributed by atoms with Gasteiger partial charge in [-0.3, -0.25) is 5.32 Å². The van der Waals surface area contributed by atoms with Gasteiger partial charge >= 0.3 is 5.82 Å². The third-order valence-corrected chi connectivity index (χ3v) is 6.85. The summed E-state index contributed by atoms with van der Waals surface area (Å²) in [5.41, 5.74) is 5.15. The molecule has 2 aliphatic heterocycles. The number of nitrogens with one attached hydrogen (secondary N) is 1. The molecule has 1 atom stereocenters. The van der Waals surface area contributed by atoms with Crippen molar-refractivity contribution < 1.29 is 40.5 Å². The third kappa shape index (κ3) is 3.51. The van der Waals surface area contributed by atoms with Crippen LogP contribution in [0.2, 0.25) is 0 Å². The molecular formula is C27H28ClN3O5. The summed E-state index contributed by atoms with van der Waals surface area (Å²) in [6.45, 7) is 7.73. The summed E-state index contributed by atoms with van der Waals surface area (Å²) in [7, 11) is 4.94. The van der Waals surface area contributed by atoms with Crippen LogP contribution in [0.25, 0.3) is 33.2 Å². The number of hydrogen-bond acceptors (Lipinski definition) is 7. The molecule has 6 rings (SSSR count). The molecule has 36 heavy (non-hydrogen) atoms. The van der Waals surface area contributed by atoms with Gasteiger partial charge in [0.05, 0.1) is 33.3 Å². The van der Waals surface area contributed by atoms with Crippen LogP contribution in [0, 0.1) is 0 Å². The summed E-state index contributed by atoms with van der Waals surface area (Å²) in [6, 6.07) is 7.83. The van der Waals surface area contributed by atoms with Crippen LogP contribution in [-0.4, -0.2) is 39.1 Å². The molecule has 2 aliphatic rings. The molecule has 0 amide bonds. The highest BCUT2D eigenvalue weighted by Gasteiger charge is 2.33. The number of benzene rings is 2. The minimum Gasteiger partial charge on any atom is -1.00 e. The fraction of sp³-hybridized carbons (Fsp3) is 0.333. The predicted molar refractivity (Wildman–Crippen MR) is 133 cm³/mol. The zero-order valence-corrected chi connectivity index (χ0v) is 21.5. The molecule has 0 spiro atoms. The summed E-state index contributed by atoms with van der Waals surface area (Å²) in [6.07, 6.45) is 1.63. The van der Waals surface area contributed by atoms with Gasteiger partial charge in [0.25, 0.3) is 0 Å². The average molecular weight is 510 g/mol. The van der Waals surface area contributed by atoms with E-state index < -0.39 is 0 Å². The van der Waals surface area contributed by atoms with Gasteiger partial charge in [0.2, 0.25) is 5.58 Å². The molecule has 0 aliphatic carbocycles. The van der Waals surface area contributed by atoms with E-state index >= 15 is 0 Å². The van der Waals surface area contributed by atoms with Crippen molar-refractivity contribution in [1.82, 2.24) is 5.10 Å². The summed E-state index contributed by atoms with van der Waals surface area (Å²) in [5, 5.41) is 10.4. The Labute approximate surface area is 215 Å². The number of furan rings is 1. The first-order valence-electron chi connectivity index (χ1n) is 11.7. The maximum atomic E-state index is 6.43. The van der Waals surface area contributed by atoms with Crippen LogP contribution in [0.5, 0.6) is 23.0 Å². The first kappa shape index (κ1) is 24.1. The van der Waals surface area contributed by atoms with E-state index in [-0.39, 0.29) is 18.5 Å². The maximum absolute atomic E-state index is 6.43. The van der Waals surface area contributed by atoms with E-state index in [1.54, 1.807) is 21.3 Å². The quantitative estimate of drug-likeness (QED) is 0.324. The minimum atomic E-state index is -0.0595. The second-order valence-electron chi connectivity index (χ2n) is 8.99. The Hall–Kier alpha value is -3.65. The Balaban J connectivity index is 0.00000267. The molecule has 2 aromatic heterocycles. The number of anilines is 1. The van der Waals surface area contributed by atoms with Crippen LogP contribution in [0.15, 0.2) is 40.8 Å². The van der Waals surface area contributed by atoms with E-state index in [4.69, 9.17) is 28.5 Å². The fourth-order valence-corrected chi connectivity index (χ4v) is 5.11. The Bertz CT molecular complexity index is 1510. The van der Waals surface area contributed by atoms with Gasteiger partial charge in [-0.2, -0.15) is 0 Å². The van der Waals surface area contributed by atoms with Crippen molar-refractivity contribution in [2.24, 2.45) is 0 Å². The maximum Gasteiger partial charge on any atom is 0.339 e. The lowest BCUT2D eigenvalue weighted by Gasteiger charge is -2.15. The normalized spacial score (nSPS) is 15.9. The Morgan fingerprint density at radius 2 is 1.92 bits per heavy atom. The number of aromatic nitrogens is 2. The SMILES string of the molecule is C=C(C)[C@H]1Cc2c(ccc(-c3n[n+]4c(c5oc6cc(OC)c(OC)cc6c35)NCCC4)c2OC)O1.[Cl-]. The van der Waals surface area contributed by atoms with E-state index in [9.17, 15) is 0 Å². The molecule has 4 aromatic rings. The van der Waals surface area contributed by atoms with Crippen LogP contribution < -0.4 is 41.4 Å². The van der Waals surface area contributed by atoms with Crippen molar-refractivity contribution in [2.45, 2.75) is 32.4 Å². The third-order valence-electron chi connectivity index (χ3n) is 6.85. The molecule has 0 radical (unpaired) electrons. The average Bonchev–Trinajstić information content (AvgIpc) is 3.48. The standard InChI is InChI=1S/C27H27N3O5.ClH/c1-14(2)19-12-17-18(34-19)8-7-15(25(17)33-5)24-23-16-11-21(31-3)22(32-4)13-20(16)35-26(23)27-28-9-6-10-30(27)29-24;/h7-8,11,13,19H,1,6,9-10,12H2,2-5H3;1H/t19-;/m1./s1. The van der Waals surface area contributed by atoms with Crippen molar-refractivity contribution in [2.75, 3.05) is 33.2 Å². The molecule has 4 heterocycles. The number of fused-ring (bicyclic) bond motifs is 6. The van der Waals surface area contributed by atoms with Gasteiger partial charge in [-0.15, -0.1) is 4.68 Å². The summed E-state index contributed by atoms with van der Waals surface area (Å²) in [5.74, 6) is 3.70. The molecule has 188 valence electrons. The molecule has 1 N–H and O–H groups in total. The second kappa shape index (κ2) is 9.09. The number of methoxy groups -OCH3 is 3. The first-order chi connectivity index (χ1) is 17.0. The molecule has 0 fully saturated rings. The van der Waals surface area contributed by atoms with Crippen LogP contribution in [-0.2, 0) is 13.0 Å². The molecule has 0 saturated heterocycles. The number of ether oxygens (including phenoxy) is 4. The summed E-state index contributed by atoms with van der Waals surface area (Å²) >= 11 is 0. The summed E-state index contributed by atoms with van der Waals surface area (Å²) in [4.78, 5) is 0. The lowest BCUT2D eigenvalue weighted by molar-refractivity contribution is -0.741. The largest absolute Gasteiger partial charge is 1.00 e. The van der Waals surface area contributed by atoms with E-state index in [0.29, 0.717) is 23.5 Å². The lowest BCUT2D eigenvalue weighted by Crippen LogP contribution is -3.00. The van der Waals surface area contributed by atoms with E-state index in [0.717, 1.165) is 75.6 Å². The van der Waals surface area contributed by atoms with Gasteiger partial charge in [-0.25, -0.2) is 0 Å². The van der Waals surface area contributed by atoms with Crippen LogP contribution in [0.4, 0.5) is 5.82 Å². The number of aryl methyl sites for hydroxylation is 1. The number of nitrogens with zero attached hydrogens (tertiary/aromatic N) is 2. The van der Waals surface area contributed by atoms with Crippen LogP contribution >= 0.6 is 0 Å². The van der Waals surface area contributed by atoms with Crippen molar-refractivity contribution in [3.8, 4) is 34.3 Å². The molecule has 0 unspecified atom stereocenters. The van der Waals surface area contributed by atoms with Gasteiger partial charge in [0.15, 0.2) is 11.5 Å². The lowest BCUT2D eigenvalue weighted by atomic mass is 9.98. The Morgan fingerprint density at radius 3 is 2.64 bits per heavy atom. The summed E-state index contributed by atoms with van der Waals surface area (Å²) < 4.78 is 31.7. The smallest absolute Gasteiger partial charge is 0.339 e. The Kier molecular flexibility index (Phi) is 6.08. The highest BCUT2D eigenvalue weighted by Crippen LogP contribution is 2.47. The minimum absolute atomic E-state index is 0. The Morgan fingerprint density at radius 1 is 1.14 bits per heavy atom. The fourth-order valence-electron chi connectivity index (χ4n) is 5.11. The number of halogens is 1. The molecule has 9 heteroatoms. The van der Waals surface area contributed by atoms with Crippen molar-refractivity contribution in [3.05, 3.63) is 42.0 Å². The second-order valence-corrected chi connectivity index (χ2v) is 8.99. The number of hydrogen-bond donors (Lipinski definition) is 1. The molecule has 0 bridgehead atoms. The topological polar surface area (TPSA) is 78.9 Å². The molecule has 0 saturated carbocycles. The van der Waals surface area contributed by atoms with Gasteiger partial charge in [-0.1, -0.05) is 11.7 Å². The monoisotopic (exact) mass is 509 g/mol. The zero-order valence-electron chi connectivity index (χ0n) is 20.7. The molecular weight excluding hydrogens is 482 g/mol. The van der Waals surface area contributed by atoms with Crippen LogP contribution in [0.1, 0.15) is 18.9 Å². The predicted octanol–water partition coefficient (Wildman–Crippen LogP) is 1.66. The van der Waals surface area contributed by atoms with Crippen molar-refractivity contribution in [1.29, 1.82) is 0 Å². The van der Waals surface area contributed by atoms with Gasteiger partial charge in [0, 0.05) is 35.4 Å². The van der Waals surface area contributed by atoms with Gasteiger partial charge in [-0.05, 0) is 30.7 Å². The number of rotatable bonds is 5. The van der Waals surface area contributed by atoms with E-state index in [1.807, 2.05) is 35.9 Å². The highest BCUT2D eigenvalue weighted by atomic mass is 35.5. The van der Waals surface area contributed by atoms with Gasteiger partial charge in [0.1, 0.15) is 35.4 Å². The molecule has 2 aromatic carbocycles. The van der Waals surface area contributed by atoms with Crippen molar-refractivity contribution >= 4 is 27.8 Å². The van der Waals surface area contributed by atoms with Gasteiger partial charge < -0.3 is 35.8 Å². The zero-order chi connectivity index (χ0) is 24.3. The van der Waals surface area contributed by atoms with E-state index in [1.165, 1.54) is 0 Å².